The summed E-state index contributed by atoms with van der Waals surface area (Å²) in [6, 6.07) is 26.4. The van der Waals surface area contributed by atoms with Gasteiger partial charge in [-0.1, -0.05) is 41.4 Å². The van der Waals surface area contributed by atoms with Crippen LogP contribution in [0.1, 0.15) is 18.1 Å². The van der Waals surface area contributed by atoms with Crippen molar-refractivity contribution >= 4 is 51.0 Å². The Balaban J connectivity index is 1.37. The molecule has 2 amide bonds. The number of anilines is 2. The zero-order valence-corrected chi connectivity index (χ0v) is 25.6. The number of hydrogen-bond donors (Lipinski definition) is 2. The molecule has 12 heteroatoms. The SMILES string of the molecule is CCOc1ccc(N(CC(=O)N/N=C\c2ccc(OCC(=O)Nc3ccccc3Cl)cc2)S(=O)(=O)c2ccc(C)cc2)cc1. The Morgan fingerprint density at radius 3 is 2.16 bits per heavy atom. The Labute approximate surface area is 261 Å². The Kier molecular flexibility index (Phi) is 11.0. The first-order chi connectivity index (χ1) is 21.2. The van der Waals surface area contributed by atoms with Gasteiger partial charge in [-0.2, -0.15) is 5.10 Å². The first-order valence-corrected chi connectivity index (χ1v) is 15.4. The second-order valence-corrected chi connectivity index (χ2v) is 11.7. The number of sulfonamides is 1. The Hall–Kier alpha value is -4.87. The minimum atomic E-state index is -4.07. The summed E-state index contributed by atoms with van der Waals surface area (Å²) in [7, 11) is -4.07. The molecule has 0 heterocycles. The molecule has 4 rings (SSSR count). The van der Waals surface area contributed by atoms with E-state index in [1.54, 1.807) is 84.9 Å². The first-order valence-electron chi connectivity index (χ1n) is 13.6. The highest BCUT2D eigenvalue weighted by molar-refractivity contribution is 7.92. The van der Waals surface area contributed by atoms with Crippen molar-refractivity contribution in [3.05, 3.63) is 113 Å². The molecule has 0 bridgehead atoms. The second kappa shape index (κ2) is 15.0. The molecule has 0 saturated heterocycles. The highest BCUT2D eigenvalue weighted by atomic mass is 35.5. The van der Waals surface area contributed by atoms with Gasteiger partial charge in [0.15, 0.2) is 6.61 Å². The van der Waals surface area contributed by atoms with Crippen molar-refractivity contribution in [2.75, 3.05) is 29.4 Å². The Morgan fingerprint density at radius 1 is 0.864 bits per heavy atom. The molecule has 0 saturated carbocycles. The van der Waals surface area contributed by atoms with E-state index in [4.69, 9.17) is 21.1 Å². The number of hydrogen-bond acceptors (Lipinski definition) is 7. The van der Waals surface area contributed by atoms with E-state index in [9.17, 15) is 18.0 Å². The van der Waals surface area contributed by atoms with Crippen molar-refractivity contribution in [2.24, 2.45) is 5.10 Å². The minimum absolute atomic E-state index is 0.0527. The van der Waals surface area contributed by atoms with Crippen LogP contribution < -0.4 is 24.5 Å². The van der Waals surface area contributed by atoms with Gasteiger partial charge in [-0.05, 0) is 92.2 Å². The highest BCUT2D eigenvalue weighted by Crippen LogP contribution is 2.26. The van der Waals surface area contributed by atoms with Crippen LogP contribution in [0.15, 0.2) is 107 Å². The standard InChI is InChI=1S/C32H31ClN4O6S/c1-3-42-26-16-12-25(13-17-26)37(44(40,41)28-18-8-23(2)9-19-28)21-31(38)36-34-20-24-10-14-27(15-11-24)43-22-32(39)35-30-7-5-4-6-29(30)33/h4-20H,3,21-22H2,1-2H3,(H,35,39)(H,36,38)/b34-20-. The number of para-hydroxylation sites is 1. The molecule has 0 spiro atoms. The van der Waals surface area contributed by atoms with E-state index < -0.39 is 22.5 Å². The van der Waals surface area contributed by atoms with Crippen LogP contribution in [0.3, 0.4) is 0 Å². The third kappa shape index (κ3) is 8.82. The van der Waals surface area contributed by atoms with Gasteiger partial charge in [0.1, 0.15) is 18.0 Å². The summed E-state index contributed by atoms with van der Waals surface area (Å²) in [5.74, 6) is 0.0213. The van der Waals surface area contributed by atoms with Gasteiger partial charge in [-0.15, -0.1) is 0 Å². The summed E-state index contributed by atoms with van der Waals surface area (Å²) in [6.07, 6.45) is 1.40. The van der Waals surface area contributed by atoms with Gasteiger partial charge in [-0.3, -0.25) is 13.9 Å². The average Bonchev–Trinajstić information content (AvgIpc) is 3.01. The maximum Gasteiger partial charge on any atom is 0.264 e. The number of carbonyl (C=O) groups excluding carboxylic acids is 2. The Morgan fingerprint density at radius 2 is 1.50 bits per heavy atom. The monoisotopic (exact) mass is 634 g/mol. The molecule has 0 aliphatic heterocycles. The van der Waals surface area contributed by atoms with Gasteiger partial charge in [0.25, 0.3) is 21.8 Å². The van der Waals surface area contributed by atoms with Crippen molar-refractivity contribution in [2.45, 2.75) is 18.7 Å². The number of rotatable bonds is 13. The van der Waals surface area contributed by atoms with E-state index in [-0.39, 0.29) is 17.4 Å². The molecule has 0 aliphatic carbocycles. The number of carbonyl (C=O) groups is 2. The fourth-order valence-electron chi connectivity index (χ4n) is 3.92. The van der Waals surface area contributed by atoms with Gasteiger partial charge in [-0.25, -0.2) is 13.8 Å². The van der Waals surface area contributed by atoms with Crippen LogP contribution >= 0.6 is 11.6 Å². The molecule has 228 valence electrons. The molecular weight excluding hydrogens is 604 g/mol. The number of halogens is 1. The fourth-order valence-corrected chi connectivity index (χ4v) is 5.52. The largest absolute Gasteiger partial charge is 0.494 e. The van der Waals surface area contributed by atoms with Crippen LogP contribution in [0.4, 0.5) is 11.4 Å². The summed E-state index contributed by atoms with van der Waals surface area (Å²) in [4.78, 5) is 25.1. The smallest absolute Gasteiger partial charge is 0.264 e. The number of nitrogens with one attached hydrogen (secondary N) is 2. The van der Waals surface area contributed by atoms with Crippen molar-refractivity contribution in [3.8, 4) is 11.5 Å². The summed E-state index contributed by atoms with van der Waals surface area (Å²) in [5.41, 5.74) is 4.71. The lowest BCUT2D eigenvalue weighted by atomic mass is 10.2. The number of amides is 2. The van der Waals surface area contributed by atoms with E-state index in [2.05, 4.69) is 15.8 Å². The van der Waals surface area contributed by atoms with Crippen LogP contribution in [0.25, 0.3) is 0 Å². The van der Waals surface area contributed by atoms with Crippen molar-refractivity contribution in [1.82, 2.24) is 5.43 Å². The van der Waals surface area contributed by atoms with Gasteiger partial charge in [0.05, 0.1) is 34.1 Å². The molecule has 44 heavy (non-hydrogen) atoms. The summed E-state index contributed by atoms with van der Waals surface area (Å²) >= 11 is 6.05. The maximum atomic E-state index is 13.6. The molecule has 2 N–H and O–H groups in total. The minimum Gasteiger partial charge on any atom is -0.494 e. The number of hydrazone groups is 1. The Bertz CT molecular complexity index is 1710. The molecule has 4 aromatic rings. The summed E-state index contributed by atoms with van der Waals surface area (Å²) < 4.78 is 39.1. The average molecular weight is 635 g/mol. The molecule has 0 unspecified atom stereocenters. The van der Waals surface area contributed by atoms with Gasteiger partial charge < -0.3 is 14.8 Å². The molecule has 0 radical (unpaired) electrons. The lowest BCUT2D eigenvalue weighted by Crippen LogP contribution is -2.39. The molecule has 0 aromatic heterocycles. The molecule has 0 fully saturated rings. The van der Waals surface area contributed by atoms with Crippen LogP contribution in [-0.4, -0.2) is 46.2 Å². The quantitative estimate of drug-likeness (QED) is 0.150. The molecule has 4 aromatic carbocycles. The number of benzene rings is 4. The maximum absolute atomic E-state index is 13.6. The van der Waals surface area contributed by atoms with E-state index in [1.165, 1.54) is 18.3 Å². The molecule has 0 aliphatic rings. The van der Waals surface area contributed by atoms with Gasteiger partial charge in [0.2, 0.25) is 0 Å². The van der Waals surface area contributed by atoms with Crippen LogP contribution in [0, 0.1) is 6.92 Å². The number of ether oxygens (including phenoxy) is 2. The predicted molar refractivity (Wildman–Crippen MR) is 171 cm³/mol. The van der Waals surface area contributed by atoms with Crippen molar-refractivity contribution in [3.63, 3.8) is 0 Å². The molecular formula is C32H31ClN4O6S. The lowest BCUT2D eigenvalue weighted by molar-refractivity contribution is -0.119. The summed E-state index contributed by atoms with van der Waals surface area (Å²) in [6.45, 7) is 3.44. The number of aryl methyl sites for hydroxylation is 1. The number of nitrogens with zero attached hydrogens (tertiary/aromatic N) is 2. The van der Waals surface area contributed by atoms with E-state index >= 15 is 0 Å². The van der Waals surface area contributed by atoms with Gasteiger partial charge in [0, 0.05) is 0 Å². The van der Waals surface area contributed by atoms with Crippen LogP contribution in [-0.2, 0) is 19.6 Å². The third-order valence-corrected chi connectivity index (χ3v) is 8.25. The molecule has 10 nitrogen and oxygen atoms in total. The summed E-state index contributed by atoms with van der Waals surface area (Å²) in [5, 5.41) is 7.07. The first kappa shape index (κ1) is 32.1. The van der Waals surface area contributed by atoms with E-state index in [0.29, 0.717) is 40.1 Å². The zero-order valence-electron chi connectivity index (χ0n) is 24.1. The normalized spacial score (nSPS) is 11.2. The second-order valence-electron chi connectivity index (χ2n) is 9.43. The van der Waals surface area contributed by atoms with E-state index in [1.807, 2.05) is 13.8 Å². The third-order valence-electron chi connectivity index (χ3n) is 6.13. The van der Waals surface area contributed by atoms with Crippen molar-refractivity contribution in [1.29, 1.82) is 0 Å². The van der Waals surface area contributed by atoms with Crippen LogP contribution in [0.5, 0.6) is 11.5 Å². The van der Waals surface area contributed by atoms with Crippen LogP contribution in [0.2, 0.25) is 5.02 Å². The predicted octanol–water partition coefficient (Wildman–Crippen LogP) is 5.41. The fraction of sp³-hybridized carbons (Fsp3) is 0.156. The molecule has 0 atom stereocenters. The van der Waals surface area contributed by atoms with Gasteiger partial charge >= 0.3 is 0 Å². The lowest BCUT2D eigenvalue weighted by Gasteiger charge is -2.24. The van der Waals surface area contributed by atoms with E-state index in [0.717, 1.165) is 9.87 Å². The highest BCUT2D eigenvalue weighted by Gasteiger charge is 2.27. The van der Waals surface area contributed by atoms with Crippen molar-refractivity contribution < 1.29 is 27.5 Å². The topological polar surface area (TPSA) is 126 Å². The zero-order chi connectivity index (χ0) is 31.5.